The summed E-state index contributed by atoms with van der Waals surface area (Å²) >= 11 is 0. The highest BCUT2D eigenvalue weighted by molar-refractivity contribution is 5.15. The lowest BCUT2D eigenvalue weighted by Gasteiger charge is -2.12. The average molecular weight is 177 g/mol. The van der Waals surface area contributed by atoms with E-state index in [2.05, 4.69) is 17.4 Å². The van der Waals surface area contributed by atoms with Gasteiger partial charge in [0.15, 0.2) is 0 Å². The van der Waals surface area contributed by atoms with Crippen LogP contribution in [0.25, 0.3) is 0 Å². The van der Waals surface area contributed by atoms with Crippen molar-refractivity contribution in [2.45, 2.75) is 12.5 Å². The molecule has 2 N–H and O–H groups in total. The monoisotopic (exact) mass is 177 g/mol. The molecule has 2 atom stereocenters. The Hall–Kier alpha value is -0.860. The molecule has 1 aromatic rings. The van der Waals surface area contributed by atoms with Gasteiger partial charge in [0, 0.05) is 19.0 Å². The Morgan fingerprint density at radius 3 is 2.62 bits per heavy atom. The quantitative estimate of drug-likeness (QED) is 0.700. The molecule has 1 saturated heterocycles. The minimum absolute atomic E-state index is 0.166. The summed E-state index contributed by atoms with van der Waals surface area (Å²) in [6, 6.07) is 10.3. The zero-order valence-corrected chi connectivity index (χ0v) is 7.61. The van der Waals surface area contributed by atoms with Crippen molar-refractivity contribution in [2.24, 2.45) is 5.92 Å². The number of benzene rings is 1. The molecule has 0 aromatic heterocycles. The van der Waals surface area contributed by atoms with Crippen LogP contribution in [0.2, 0.25) is 0 Å². The smallest absolute Gasteiger partial charge is 0.0708 e. The topological polar surface area (TPSA) is 32.3 Å². The van der Waals surface area contributed by atoms with Crippen LogP contribution >= 0.6 is 0 Å². The van der Waals surface area contributed by atoms with Crippen molar-refractivity contribution >= 4 is 0 Å². The lowest BCUT2D eigenvalue weighted by molar-refractivity contribution is 0.147. The van der Waals surface area contributed by atoms with Gasteiger partial charge in [0.2, 0.25) is 0 Å². The molecule has 0 spiro atoms. The highest BCUT2D eigenvalue weighted by atomic mass is 16.3. The van der Waals surface area contributed by atoms with Crippen LogP contribution in [0.3, 0.4) is 0 Å². The third-order valence-corrected chi connectivity index (χ3v) is 2.64. The molecule has 1 aromatic carbocycles. The molecule has 70 valence electrons. The van der Waals surface area contributed by atoms with Crippen LogP contribution in [0, 0.1) is 5.92 Å². The molecule has 0 unspecified atom stereocenters. The van der Waals surface area contributed by atoms with Gasteiger partial charge >= 0.3 is 0 Å². The Kier molecular flexibility index (Phi) is 2.62. The molecule has 2 nitrogen and oxygen atoms in total. The molecule has 0 bridgehead atoms. The van der Waals surface area contributed by atoms with Crippen molar-refractivity contribution in [3.63, 3.8) is 0 Å². The van der Waals surface area contributed by atoms with Crippen LogP contribution in [0.4, 0.5) is 0 Å². The predicted octanol–water partition coefficient (Wildman–Crippen LogP) is 0.809. The van der Waals surface area contributed by atoms with E-state index in [-0.39, 0.29) is 6.10 Å². The first-order chi connectivity index (χ1) is 6.36. The minimum atomic E-state index is -0.166. The number of β-amino-alcohol motifs (C(OH)–C–C–N with tert-alkyl or cyclic N) is 1. The predicted molar refractivity (Wildman–Crippen MR) is 52.5 cm³/mol. The van der Waals surface area contributed by atoms with Gasteiger partial charge in [0.05, 0.1) is 6.10 Å². The number of hydrogen-bond donors (Lipinski definition) is 2. The van der Waals surface area contributed by atoms with E-state index < -0.39 is 0 Å². The highest BCUT2D eigenvalue weighted by Gasteiger charge is 2.24. The number of aliphatic hydroxyl groups is 1. The van der Waals surface area contributed by atoms with E-state index in [1.807, 2.05) is 18.2 Å². The van der Waals surface area contributed by atoms with Crippen molar-refractivity contribution < 1.29 is 5.11 Å². The summed E-state index contributed by atoms with van der Waals surface area (Å²) in [5.74, 6) is 0.391. The maximum atomic E-state index is 9.59. The van der Waals surface area contributed by atoms with E-state index in [9.17, 15) is 5.11 Å². The summed E-state index contributed by atoms with van der Waals surface area (Å²) in [5.41, 5.74) is 1.32. The summed E-state index contributed by atoms with van der Waals surface area (Å²) in [6.07, 6.45) is 0.815. The van der Waals surface area contributed by atoms with Crippen LogP contribution in [0.15, 0.2) is 30.3 Å². The van der Waals surface area contributed by atoms with Crippen molar-refractivity contribution in [1.82, 2.24) is 5.32 Å². The summed E-state index contributed by atoms with van der Waals surface area (Å²) in [7, 11) is 0. The molecule has 2 heteroatoms. The van der Waals surface area contributed by atoms with Gasteiger partial charge in [0.25, 0.3) is 0 Å². The van der Waals surface area contributed by atoms with Gasteiger partial charge in [0.1, 0.15) is 0 Å². The molecule has 0 radical (unpaired) electrons. The van der Waals surface area contributed by atoms with E-state index in [4.69, 9.17) is 0 Å². The van der Waals surface area contributed by atoms with Crippen LogP contribution in [0.1, 0.15) is 5.56 Å². The van der Waals surface area contributed by atoms with Gasteiger partial charge in [-0.3, -0.25) is 0 Å². The average Bonchev–Trinajstić information content (AvgIpc) is 2.54. The van der Waals surface area contributed by atoms with Gasteiger partial charge in [-0.1, -0.05) is 30.3 Å². The van der Waals surface area contributed by atoms with Crippen LogP contribution in [0.5, 0.6) is 0 Å². The van der Waals surface area contributed by atoms with Crippen LogP contribution in [-0.4, -0.2) is 24.3 Å². The van der Waals surface area contributed by atoms with Crippen LogP contribution < -0.4 is 5.32 Å². The standard InChI is InChI=1S/C11H15NO/c13-11-8-12-7-10(11)6-9-4-2-1-3-5-9/h1-5,10-13H,6-8H2/t10-,11+/m0/s1. The van der Waals surface area contributed by atoms with Crippen molar-refractivity contribution in [2.75, 3.05) is 13.1 Å². The third kappa shape index (κ3) is 2.08. The van der Waals surface area contributed by atoms with E-state index in [1.165, 1.54) is 5.56 Å². The maximum absolute atomic E-state index is 9.59. The van der Waals surface area contributed by atoms with Crippen molar-refractivity contribution in [3.8, 4) is 0 Å². The fraction of sp³-hybridized carbons (Fsp3) is 0.455. The first-order valence-corrected chi connectivity index (χ1v) is 4.79. The van der Waals surface area contributed by atoms with Crippen molar-refractivity contribution in [1.29, 1.82) is 0 Å². The first kappa shape index (κ1) is 8.73. The van der Waals surface area contributed by atoms with Gasteiger partial charge in [-0.05, 0) is 12.0 Å². The third-order valence-electron chi connectivity index (χ3n) is 2.64. The summed E-state index contributed by atoms with van der Waals surface area (Å²) in [4.78, 5) is 0. The largest absolute Gasteiger partial charge is 0.391 e. The Balaban J connectivity index is 1.98. The molecule has 13 heavy (non-hydrogen) atoms. The second-order valence-corrected chi connectivity index (χ2v) is 3.68. The molecule has 0 amide bonds. The molecule has 1 aliphatic rings. The molecule has 1 fully saturated rings. The Bertz CT molecular complexity index is 260. The number of rotatable bonds is 2. The SMILES string of the molecule is O[C@@H]1CNC[C@@H]1Cc1ccccc1. The second-order valence-electron chi connectivity index (χ2n) is 3.68. The Morgan fingerprint density at radius 1 is 1.23 bits per heavy atom. The Morgan fingerprint density at radius 2 is 2.00 bits per heavy atom. The summed E-state index contributed by atoms with van der Waals surface area (Å²) in [5, 5.41) is 12.8. The fourth-order valence-corrected chi connectivity index (χ4v) is 1.84. The molecule has 0 aliphatic carbocycles. The summed E-state index contributed by atoms with van der Waals surface area (Å²) in [6.45, 7) is 1.69. The minimum Gasteiger partial charge on any atom is -0.391 e. The van der Waals surface area contributed by atoms with Crippen molar-refractivity contribution in [3.05, 3.63) is 35.9 Å². The lowest BCUT2D eigenvalue weighted by atomic mass is 9.97. The maximum Gasteiger partial charge on any atom is 0.0708 e. The molecular formula is C11H15NO. The zero-order chi connectivity index (χ0) is 9.10. The molecule has 1 heterocycles. The zero-order valence-electron chi connectivity index (χ0n) is 7.61. The Labute approximate surface area is 78.6 Å². The van der Waals surface area contributed by atoms with E-state index in [0.717, 1.165) is 19.5 Å². The van der Waals surface area contributed by atoms with Gasteiger partial charge in [-0.15, -0.1) is 0 Å². The van der Waals surface area contributed by atoms with E-state index in [0.29, 0.717) is 5.92 Å². The number of nitrogens with one attached hydrogen (secondary N) is 1. The fourth-order valence-electron chi connectivity index (χ4n) is 1.84. The van der Waals surface area contributed by atoms with E-state index >= 15 is 0 Å². The molecule has 2 rings (SSSR count). The summed E-state index contributed by atoms with van der Waals surface area (Å²) < 4.78 is 0. The highest BCUT2D eigenvalue weighted by Crippen LogP contribution is 2.15. The molecule has 1 aliphatic heterocycles. The van der Waals surface area contributed by atoms with Gasteiger partial charge in [-0.2, -0.15) is 0 Å². The second kappa shape index (κ2) is 3.90. The number of aliphatic hydroxyl groups excluding tert-OH is 1. The lowest BCUT2D eigenvalue weighted by Crippen LogP contribution is -2.19. The van der Waals surface area contributed by atoms with Gasteiger partial charge < -0.3 is 10.4 Å². The number of hydrogen-bond acceptors (Lipinski definition) is 2. The molecular weight excluding hydrogens is 162 g/mol. The molecule has 0 saturated carbocycles. The van der Waals surface area contributed by atoms with Gasteiger partial charge in [-0.25, -0.2) is 0 Å². The normalized spacial score (nSPS) is 27.8. The van der Waals surface area contributed by atoms with Crippen LogP contribution in [-0.2, 0) is 6.42 Å². The van der Waals surface area contributed by atoms with E-state index in [1.54, 1.807) is 0 Å². The first-order valence-electron chi connectivity index (χ1n) is 4.79.